The Bertz CT molecular complexity index is 141. The number of hydrogen-bond donors (Lipinski definition) is 0. The first-order chi connectivity index (χ1) is 5.60. The molecule has 1 unspecified atom stereocenters. The van der Waals surface area contributed by atoms with Crippen molar-refractivity contribution in [2.75, 3.05) is 0 Å². The van der Waals surface area contributed by atoms with E-state index >= 15 is 0 Å². The van der Waals surface area contributed by atoms with E-state index in [-0.39, 0.29) is 17.5 Å². The molecule has 3 heteroatoms. The third kappa shape index (κ3) is 9.80. The summed E-state index contributed by atoms with van der Waals surface area (Å²) in [6.07, 6.45) is -0.348. The van der Waals surface area contributed by atoms with Crippen molar-refractivity contribution < 1.29 is 14.5 Å². The van der Waals surface area contributed by atoms with Crippen molar-refractivity contribution in [1.29, 1.82) is 0 Å². The van der Waals surface area contributed by atoms with Crippen LogP contribution in [0.5, 0.6) is 0 Å². The number of rotatable bonds is 3. The maximum Gasteiger partial charge on any atom is 0.188 e. The highest BCUT2D eigenvalue weighted by Gasteiger charge is 2.19. The summed E-state index contributed by atoms with van der Waals surface area (Å²) < 4.78 is 5.49. The van der Waals surface area contributed by atoms with Gasteiger partial charge >= 0.3 is 0 Å². The molecule has 0 aliphatic rings. The zero-order valence-electron chi connectivity index (χ0n) is 9.80. The molecule has 0 aromatic carbocycles. The first kappa shape index (κ1) is 12.9. The SMILES string of the molecule is CC(OOC(C)(C)C)OC(C)(C)C. The van der Waals surface area contributed by atoms with Crippen LogP contribution < -0.4 is 0 Å². The van der Waals surface area contributed by atoms with Gasteiger partial charge in [0.15, 0.2) is 6.29 Å². The van der Waals surface area contributed by atoms with Crippen molar-refractivity contribution >= 4 is 0 Å². The fourth-order valence-electron chi connectivity index (χ4n) is 0.730. The van der Waals surface area contributed by atoms with Crippen molar-refractivity contribution in [3.63, 3.8) is 0 Å². The van der Waals surface area contributed by atoms with Crippen molar-refractivity contribution in [2.24, 2.45) is 0 Å². The van der Waals surface area contributed by atoms with Gasteiger partial charge in [-0.1, -0.05) is 0 Å². The highest BCUT2D eigenvalue weighted by Crippen LogP contribution is 2.14. The third-order valence-corrected chi connectivity index (χ3v) is 0.953. The van der Waals surface area contributed by atoms with Crippen LogP contribution in [0.25, 0.3) is 0 Å². The summed E-state index contributed by atoms with van der Waals surface area (Å²) in [4.78, 5) is 10.2. The van der Waals surface area contributed by atoms with Crippen LogP contribution in [0.15, 0.2) is 0 Å². The van der Waals surface area contributed by atoms with E-state index in [9.17, 15) is 0 Å². The smallest absolute Gasteiger partial charge is 0.188 e. The fraction of sp³-hybridized carbons (Fsp3) is 1.00. The van der Waals surface area contributed by atoms with Crippen LogP contribution in [-0.2, 0) is 14.5 Å². The maximum atomic E-state index is 5.49. The number of hydrogen-bond acceptors (Lipinski definition) is 3. The molecule has 1 atom stereocenters. The molecule has 0 rings (SSSR count). The van der Waals surface area contributed by atoms with Gasteiger partial charge in [0, 0.05) is 0 Å². The van der Waals surface area contributed by atoms with Crippen LogP contribution in [0.3, 0.4) is 0 Å². The summed E-state index contributed by atoms with van der Waals surface area (Å²) in [6.45, 7) is 13.5. The minimum Gasteiger partial charge on any atom is -0.344 e. The van der Waals surface area contributed by atoms with Gasteiger partial charge in [0.25, 0.3) is 0 Å². The normalized spacial score (nSPS) is 15.9. The molecule has 0 saturated heterocycles. The molecule has 0 bridgehead atoms. The maximum absolute atomic E-state index is 5.49. The predicted octanol–water partition coefficient (Wildman–Crippen LogP) is 2.89. The lowest BCUT2D eigenvalue weighted by Crippen LogP contribution is -2.30. The molecular formula is C10H22O3. The Labute approximate surface area is 81.3 Å². The fourth-order valence-corrected chi connectivity index (χ4v) is 0.730. The van der Waals surface area contributed by atoms with Crippen molar-refractivity contribution in [3.8, 4) is 0 Å². The van der Waals surface area contributed by atoms with Crippen LogP contribution in [0.2, 0.25) is 0 Å². The monoisotopic (exact) mass is 190 g/mol. The molecule has 0 aromatic rings. The third-order valence-electron chi connectivity index (χ3n) is 0.953. The van der Waals surface area contributed by atoms with E-state index in [1.54, 1.807) is 0 Å². The molecule has 0 fully saturated rings. The minimum absolute atomic E-state index is 0.208. The topological polar surface area (TPSA) is 27.7 Å². The highest BCUT2D eigenvalue weighted by molar-refractivity contribution is 4.59. The standard InChI is InChI=1S/C10H22O3/c1-8(11-9(2,3)4)12-13-10(5,6)7/h8H,1-7H3. The summed E-state index contributed by atoms with van der Waals surface area (Å²) in [6, 6.07) is 0. The first-order valence-electron chi connectivity index (χ1n) is 4.62. The summed E-state index contributed by atoms with van der Waals surface area (Å²) in [5, 5.41) is 0. The predicted molar refractivity (Wildman–Crippen MR) is 52.2 cm³/mol. The lowest BCUT2D eigenvalue weighted by atomic mass is 10.2. The van der Waals surface area contributed by atoms with E-state index in [4.69, 9.17) is 14.5 Å². The highest BCUT2D eigenvalue weighted by atomic mass is 17.2. The second-order valence-corrected chi connectivity index (χ2v) is 5.09. The van der Waals surface area contributed by atoms with Gasteiger partial charge in [0.05, 0.1) is 11.2 Å². The Hall–Kier alpha value is -0.120. The van der Waals surface area contributed by atoms with E-state index in [2.05, 4.69) is 0 Å². The van der Waals surface area contributed by atoms with Crippen LogP contribution in [0, 0.1) is 0 Å². The van der Waals surface area contributed by atoms with Crippen molar-refractivity contribution in [2.45, 2.75) is 66.0 Å². The molecular weight excluding hydrogens is 168 g/mol. The lowest BCUT2D eigenvalue weighted by molar-refractivity contribution is -0.421. The largest absolute Gasteiger partial charge is 0.344 e. The minimum atomic E-state index is -0.348. The molecule has 0 aromatic heterocycles. The summed E-state index contributed by atoms with van der Waals surface area (Å²) in [7, 11) is 0. The van der Waals surface area contributed by atoms with Gasteiger partial charge < -0.3 is 4.74 Å². The molecule has 0 saturated carbocycles. The molecule has 13 heavy (non-hydrogen) atoms. The van der Waals surface area contributed by atoms with Gasteiger partial charge in [-0.25, -0.2) is 9.78 Å². The van der Waals surface area contributed by atoms with Crippen LogP contribution in [-0.4, -0.2) is 17.5 Å². The molecule has 0 radical (unpaired) electrons. The Kier molecular flexibility index (Phi) is 4.36. The molecule has 3 nitrogen and oxygen atoms in total. The van der Waals surface area contributed by atoms with Gasteiger partial charge in [-0.15, -0.1) is 0 Å². The average molecular weight is 190 g/mol. The van der Waals surface area contributed by atoms with Gasteiger partial charge in [-0.2, -0.15) is 0 Å². The summed E-state index contributed by atoms with van der Waals surface area (Å²) in [5.41, 5.74) is -0.504. The van der Waals surface area contributed by atoms with E-state index in [1.807, 2.05) is 48.5 Å². The Morgan fingerprint density at radius 3 is 1.62 bits per heavy atom. The summed E-state index contributed by atoms with van der Waals surface area (Å²) >= 11 is 0. The molecule has 0 aliphatic heterocycles. The van der Waals surface area contributed by atoms with Crippen LogP contribution in [0.4, 0.5) is 0 Å². The van der Waals surface area contributed by atoms with E-state index in [0.29, 0.717) is 0 Å². The second-order valence-electron chi connectivity index (χ2n) is 5.09. The molecule has 80 valence electrons. The Balaban J connectivity index is 3.70. The van der Waals surface area contributed by atoms with Crippen molar-refractivity contribution in [1.82, 2.24) is 0 Å². The van der Waals surface area contributed by atoms with Gasteiger partial charge in [-0.3, -0.25) is 0 Å². The molecule has 0 N–H and O–H groups in total. The van der Waals surface area contributed by atoms with E-state index < -0.39 is 0 Å². The summed E-state index contributed by atoms with van der Waals surface area (Å²) in [5.74, 6) is 0. The Morgan fingerprint density at radius 1 is 0.846 bits per heavy atom. The van der Waals surface area contributed by atoms with Crippen LogP contribution in [0.1, 0.15) is 48.5 Å². The Morgan fingerprint density at radius 2 is 1.31 bits per heavy atom. The molecule has 0 amide bonds. The molecule has 0 aliphatic carbocycles. The zero-order valence-corrected chi connectivity index (χ0v) is 9.80. The van der Waals surface area contributed by atoms with Crippen LogP contribution >= 0.6 is 0 Å². The second kappa shape index (κ2) is 4.40. The van der Waals surface area contributed by atoms with Gasteiger partial charge in [0.2, 0.25) is 0 Å². The van der Waals surface area contributed by atoms with Gasteiger partial charge in [-0.05, 0) is 48.5 Å². The molecule has 0 heterocycles. The zero-order chi connectivity index (χ0) is 10.7. The first-order valence-corrected chi connectivity index (χ1v) is 4.62. The lowest BCUT2D eigenvalue weighted by Gasteiger charge is -2.26. The quantitative estimate of drug-likeness (QED) is 0.389. The van der Waals surface area contributed by atoms with E-state index in [0.717, 1.165) is 0 Å². The average Bonchev–Trinajstić information content (AvgIpc) is 1.78. The number of ether oxygens (including phenoxy) is 1. The molecule has 0 spiro atoms. The van der Waals surface area contributed by atoms with Crippen molar-refractivity contribution in [3.05, 3.63) is 0 Å². The van der Waals surface area contributed by atoms with Gasteiger partial charge in [0.1, 0.15) is 0 Å². The van der Waals surface area contributed by atoms with E-state index in [1.165, 1.54) is 0 Å².